The molecule has 17 heavy (non-hydrogen) atoms. The van der Waals surface area contributed by atoms with Crippen LogP contribution in [-0.2, 0) is 4.79 Å². The second kappa shape index (κ2) is 6.37. The van der Waals surface area contributed by atoms with Crippen LogP contribution in [0.3, 0.4) is 0 Å². The topological polar surface area (TPSA) is 72.5 Å². The highest BCUT2D eigenvalue weighted by Gasteiger charge is 2.16. The first-order valence-electron chi connectivity index (χ1n) is 5.62. The van der Waals surface area contributed by atoms with E-state index in [1.807, 2.05) is 32.0 Å². The maximum atomic E-state index is 11.6. The second-order valence-corrected chi connectivity index (χ2v) is 4.09. The number of hydrogen-bond acceptors (Lipinski definition) is 4. The summed E-state index contributed by atoms with van der Waals surface area (Å²) in [5.41, 5.74) is 7.36. The van der Waals surface area contributed by atoms with E-state index in [-0.39, 0.29) is 25.5 Å². The van der Waals surface area contributed by atoms with Crippen molar-refractivity contribution < 1.29 is 14.6 Å². The molecule has 4 nitrogen and oxygen atoms in total. The molecular weight excluding hydrogens is 218 g/mol. The Morgan fingerprint density at radius 2 is 2.00 bits per heavy atom. The van der Waals surface area contributed by atoms with E-state index < -0.39 is 5.92 Å². The number of ether oxygens (including phenoxy) is 1. The fraction of sp³-hybridized carbons (Fsp3) is 0.462. The van der Waals surface area contributed by atoms with Crippen LogP contribution in [0.2, 0.25) is 0 Å². The third-order valence-electron chi connectivity index (χ3n) is 2.73. The molecule has 0 radical (unpaired) electrons. The SMILES string of the molecule is Cc1cccc(C)c1OCC(=O)C(CN)CO. The maximum Gasteiger partial charge on any atom is 0.176 e. The number of rotatable bonds is 6. The number of para-hydroxylation sites is 1. The predicted molar refractivity (Wildman–Crippen MR) is 66.0 cm³/mol. The van der Waals surface area contributed by atoms with Gasteiger partial charge in [-0.3, -0.25) is 4.79 Å². The minimum Gasteiger partial charge on any atom is -0.485 e. The lowest BCUT2D eigenvalue weighted by atomic mass is 10.1. The molecular formula is C13H19NO3. The summed E-state index contributed by atoms with van der Waals surface area (Å²) < 4.78 is 5.50. The van der Waals surface area contributed by atoms with Crippen molar-refractivity contribution in [1.29, 1.82) is 0 Å². The molecule has 0 saturated carbocycles. The summed E-state index contributed by atoms with van der Waals surface area (Å²) in [6, 6.07) is 5.80. The number of aryl methyl sites for hydroxylation is 2. The van der Waals surface area contributed by atoms with E-state index in [4.69, 9.17) is 15.6 Å². The molecule has 0 bridgehead atoms. The van der Waals surface area contributed by atoms with Crippen LogP contribution in [0.5, 0.6) is 5.75 Å². The van der Waals surface area contributed by atoms with Gasteiger partial charge in [0.05, 0.1) is 12.5 Å². The molecule has 0 heterocycles. The van der Waals surface area contributed by atoms with E-state index in [9.17, 15) is 4.79 Å². The summed E-state index contributed by atoms with van der Waals surface area (Å²) in [5.74, 6) is 0.0338. The summed E-state index contributed by atoms with van der Waals surface area (Å²) >= 11 is 0. The van der Waals surface area contributed by atoms with Crippen LogP contribution < -0.4 is 10.5 Å². The standard InChI is InChI=1S/C13H19NO3/c1-9-4-3-5-10(2)13(9)17-8-12(16)11(6-14)7-15/h3-5,11,15H,6-8,14H2,1-2H3. The van der Waals surface area contributed by atoms with Gasteiger partial charge < -0.3 is 15.6 Å². The molecule has 0 aliphatic carbocycles. The predicted octanol–water partition coefficient (Wildman–Crippen LogP) is 0.819. The zero-order valence-corrected chi connectivity index (χ0v) is 10.3. The van der Waals surface area contributed by atoms with Crippen molar-refractivity contribution in [3.63, 3.8) is 0 Å². The van der Waals surface area contributed by atoms with E-state index in [0.29, 0.717) is 0 Å². The monoisotopic (exact) mass is 237 g/mol. The molecule has 3 N–H and O–H groups in total. The van der Waals surface area contributed by atoms with Crippen LogP contribution in [0.4, 0.5) is 0 Å². The van der Waals surface area contributed by atoms with Gasteiger partial charge in [-0.15, -0.1) is 0 Å². The van der Waals surface area contributed by atoms with Gasteiger partial charge in [-0.25, -0.2) is 0 Å². The summed E-state index contributed by atoms with van der Waals surface area (Å²) in [5, 5.41) is 8.95. The Bertz CT molecular complexity index is 366. The molecule has 1 unspecified atom stereocenters. The largest absolute Gasteiger partial charge is 0.485 e. The molecule has 0 saturated heterocycles. The fourth-order valence-corrected chi connectivity index (χ4v) is 1.60. The highest BCUT2D eigenvalue weighted by molar-refractivity contribution is 5.82. The number of aliphatic hydroxyl groups is 1. The molecule has 0 aliphatic rings. The smallest absolute Gasteiger partial charge is 0.176 e. The van der Waals surface area contributed by atoms with Crippen LogP contribution >= 0.6 is 0 Å². The molecule has 1 aromatic rings. The molecule has 1 atom stereocenters. The second-order valence-electron chi connectivity index (χ2n) is 4.09. The number of hydrogen-bond donors (Lipinski definition) is 2. The molecule has 0 aromatic heterocycles. The number of carbonyl (C=O) groups is 1. The highest BCUT2D eigenvalue weighted by atomic mass is 16.5. The Hall–Kier alpha value is -1.39. The van der Waals surface area contributed by atoms with Crippen LogP contribution in [0.1, 0.15) is 11.1 Å². The fourth-order valence-electron chi connectivity index (χ4n) is 1.60. The van der Waals surface area contributed by atoms with Crippen molar-refractivity contribution in [1.82, 2.24) is 0 Å². The Morgan fingerprint density at radius 3 is 2.47 bits per heavy atom. The van der Waals surface area contributed by atoms with Crippen LogP contribution in [-0.4, -0.2) is 30.6 Å². The van der Waals surface area contributed by atoms with E-state index in [2.05, 4.69) is 0 Å². The molecule has 0 amide bonds. The highest BCUT2D eigenvalue weighted by Crippen LogP contribution is 2.22. The minimum atomic E-state index is -0.528. The van der Waals surface area contributed by atoms with Gasteiger partial charge in [-0.1, -0.05) is 18.2 Å². The number of ketones is 1. The molecule has 1 aromatic carbocycles. The average Bonchev–Trinajstić information content (AvgIpc) is 2.30. The van der Waals surface area contributed by atoms with Gasteiger partial charge in [0.25, 0.3) is 0 Å². The Balaban J connectivity index is 2.64. The zero-order valence-electron chi connectivity index (χ0n) is 10.3. The number of Topliss-reactive ketones (excluding diaryl/α,β-unsaturated/α-hetero) is 1. The van der Waals surface area contributed by atoms with Gasteiger partial charge in [0.2, 0.25) is 0 Å². The summed E-state index contributed by atoms with van der Waals surface area (Å²) in [4.78, 5) is 11.6. The van der Waals surface area contributed by atoms with Gasteiger partial charge in [-0.05, 0) is 25.0 Å². The number of aliphatic hydroxyl groups excluding tert-OH is 1. The Morgan fingerprint density at radius 1 is 1.41 bits per heavy atom. The summed E-state index contributed by atoms with van der Waals surface area (Å²) in [6.45, 7) is 3.73. The first-order valence-corrected chi connectivity index (χ1v) is 5.62. The van der Waals surface area contributed by atoms with Gasteiger partial charge in [-0.2, -0.15) is 0 Å². The molecule has 0 aliphatic heterocycles. The van der Waals surface area contributed by atoms with Crippen molar-refractivity contribution >= 4 is 5.78 Å². The molecule has 94 valence electrons. The number of nitrogens with two attached hydrogens (primary N) is 1. The van der Waals surface area contributed by atoms with E-state index >= 15 is 0 Å². The van der Waals surface area contributed by atoms with Gasteiger partial charge >= 0.3 is 0 Å². The first-order chi connectivity index (χ1) is 8.10. The third kappa shape index (κ3) is 3.54. The molecule has 4 heteroatoms. The zero-order chi connectivity index (χ0) is 12.8. The van der Waals surface area contributed by atoms with Gasteiger partial charge in [0.1, 0.15) is 12.4 Å². The van der Waals surface area contributed by atoms with Crippen molar-refractivity contribution in [2.45, 2.75) is 13.8 Å². The van der Waals surface area contributed by atoms with Gasteiger partial charge in [0, 0.05) is 6.54 Å². The van der Waals surface area contributed by atoms with E-state index in [1.165, 1.54) is 0 Å². The maximum absolute atomic E-state index is 11.6. The summed E-state index contributed by atoms with van der Waals surface area (Å²) in [7, 11) is 0. The van der Waals surface area contributed by atoms with E-state index in [1.54, 1.807) is 0 Å². The first kappa shape index (κ1) is 13.7. The van der Waals surface area contributed by atoms with E-state index in [0.717, 1.165) is 16.9 Å². The van der Waals surface area contributed by atoms with Crippen LogP contribution in [0.15, 0.2) is 18.2 Å². The number of benzene rings is 1. The lowest BCUT2D eigenvalue weighted by molar-refractivity contribution is -0.125. The average molecular weight is 237 g/mol. The van der Waals surface area contributed by atoms with Crippen molar-refractivity contribution in [2.24, 2.45) is 11.7 Å². The third-order valence-corrected chi connectivity index (χ3v) is 2.73. The molecule has 0 spiro atoms. The normalized spacial score (nSPS) is 12.2. The Labute approximate surface area is 101 Å². The quantitative estimate of drug-likeness (QED) is 0.768. The van der Waals surface area contributed by atoms with Crippen LogP contribution in [0, 0.1) is 19.8 Å². The van der Waals surface area contributed by atoms with Crippen molar-refractivity contribution in [2.75, 3.05) is 19.8 Å². The van der Waals surface area contributed by atoms with Crippen molar-refractivity contribution in [3.8, 4) is 5.75 Å². The number of carbonyl (C=O) groups excluding carboxylic acids is 1. The van der Waals surface area contributed by atoms with Gasteiger partial charge in [0.15, 0.2) is 5.78 Å². The molecule has 1 rings (SSSR count). The lowest BCUT2D eigenvalue weighted by Crippen LogP contribution is -2.31. The summed E-state index contributed by atoms with van der Waals surface area (Å²) in [6.07, 6.45) is 0. The lowest BCUT2D eigenvalue weighted by Gasteiger charge is -2.14. The molecule has 0 fully saturated rings. The van der Waals surface area contributed by atoms with Crippen LogP contribution in [0.25, 0.3) is 0 Å². The Kier molecular flexibility index (Phi) is 5.12. The van der Waals surface area contributed by atoms with Crippen molar-refractivity contribution in [3.05, 3.63) is 29.3 Å². The minimum absolute atomic E-state index is 0.0475.